The van der Waals surface area contributed by atoms with Crippen LogP contribution in [-0.4, -0.2) is 24.6 Å². The molecule has 0 spiro atoms. The molecule has 1 aliphatic carbocycles. The standard InChI is InChI=1S/C15H25N3/c1-5-8-18(13-6-7-13)15-14(10-16-4)11(2)9-12(3)17-15/h9,13,16H,5-8,10H2,1-4H3. The molecule has 0 amide bonds. The van der Waals surface area contributed by atoms with Gasteiger partial charge in [0, 0.05) is 30.4 Å². The molecule has 0 atom stereocenters. The number of nitrogens with zero attached hydrogens (tertiary/aromatic N) is 2. The first kappa shape index (κ1) is 13.3. The van der Waals surface area contributed by atoms with E-state index in [1.807, 2.05) is 7.05 Å². The van der Waals surface area contributed by atoms with E-state index in [-0.39, 0.29) is 0 Å². The van der Waals surface area contributed by atoms with E-state index in [2.05, 4.69) is 37.1 Å². The van der Waals surface area contributed by atoms with Crippen molar-refractivity contribution in [1.29, 1.82) is 0 Å². The molecule has 0 bridgehead atoms. The van der Waals surface area contributed by atoms with Gasteiger partial charge in [-0.25, -0.2) is 4.98 Å². The number of rotatable bonds is 6. The number of pyridine rings is 1. The molecule has 2 rings (SSSR count). The van der Waals surface area contributed by atoms with E-state index in [1.54, 1.807) is 0 Å². The van der Waals surface area contributed by atoms with Crippen molar-refractivity contribution >= 4 is 5.82 Å². The molecule has 1 aromatic heterocycles. The molecule has 18 heavy (non-hydrogen) atoms. The molecule has 1 aromatic rings. The molecular weight excluding hydrogens is 222 g/mol. The van der Waals surface area contributed by atoms with Crippen LogP contribution >= 0.6 is 0 Å². The SMILES string of the molecule is CCCN(c1nc(C)cc(C)c1CNC)C1CC1. The van der Waals surface area contributed by atoms with Crippen molar-refractivity contribution in [3.8, 4) is 0 Å². The summed E-state index contributed by atoms with van der Waals surface area (Å²) in [6.07, 6.45) is 3.84. The lowest BCUT2D eigenvalue weighted by atomic mass is 10.1. The average Bonchev–Trinajstić information content (AvgIpc) is 3.13. The molecule has 0 radical (unpaired) electrons. The third kappa shape index (κ3) is 2.83. The largest absolute Gasteiger partial charge is 0.353 e. The second-order valence-electron chi connectivity index (χ2n) is 5.34. The monoisotopic (exact) mass is 247 g/mol. The lowest BCUT2D eigenvalue weighted by Gasteiger charge is -2.27. The maximum atomic E-state index is 4.82. The van der Waals surface area contributed by atoms with Gasteiger partial charge in [-0.3, -0.25) is 0 Å². The second kappa shape index (κ2) is 5.70. The van der Waals surface area contributed by atoms with Gasteiger partial charge in [0.1, 0.15) is 5.82 Å². The lowest BCUT2D eigenvalue weighted by molar-refractivity contribution is 0.726. The molecular formula is C15H25N3. The van der Waals surface area contributed by atoms with Gasteiger partial charge in [-0.2, -0.15) is 0 Å². The summed E-state index contributed by atoms with van der Waals surface area (Å²) in [5.41, 5.74) is 3.85. The molecule has 3 heteroatoms. The number of aromatic nitrogens is 1. The minimum absolute atomic E-state index is 0.731. The Morgan fingerprint density at radius 2 is 2.11 bits per heavy atom. The molecule has 3 nitrogen and oxygen atoms in total. The third-order valence-corrected chi connectivity index (χ3v) is 3.53. The van der Waals surface area contributed by atoms with Crippen LogP contribution in [0.3, 0.4) is 0 Å². The highest BCUT2D eigenvalue weighted by atomic mass is 15.2. The van der Waals surface area contributed by atoms with Gasteiger partial charge >= 0.3 is 0 Å². The summed E-state index contributed by atoms with van der Waals surface area (Å²) in [5, 5.41) is 3.27. The highest BCUT2D eigenvalue weighted by Gasteiger charge is 2.31. The summed E-state index contributed by atoms with van der Waals surface area (Å²) in [6, 6.07) is 2.92. The lowest BCUT2D eigenvalue weighted by Crippen LogP contribution is -2.29. The number of hydrogen-bond donors (Lipinski definition) is 1. The normalized spacial score (nSPS) is 14.9. The van der Waals surface area contributed by atoms with Crippen LogP contribution in [-0.2, 0) is 6.54 Å². The molecule has 0 saturated heterocycles. The zero-order chi connectivity index (χ0) is 13.1. The van der Waals surface area contributed by atoms with E-state index < -0.39 is 0 Å². The van der Waals surface area contributed by atoms with Crippen LogP contribution < -0.4 is 10.2 Å². The quantitative estimate of drug-likeness (QED) is 0.838. The minimum Gasteiger partial charge on any atom is -0.353 e. The van der Waals surface area contributed by atoms with Crippen molar-refractivity contribution in [2.24, 2.45) is 0 Å². The van der Waals surface area contributed by atoms with Gasteiger partial charge < -0.3 is 10.2 Å². The molecule has 1 heterocycles. The van der Waals surface area contributed by atoms with E-state index in [0.29, 0.717) is 0 Å². The molecule has 1 aliphatic rings. The number of anilines is 1. The van der Waals surface area contributed by atoms with Crippen LogP contribution in [0.5, 0.6) is 0 Å². The maximum Gasteiger partial charge on any atom is 0.133 e. The Balaban J connectivity index is 2.38. The molecule has 1 saturated carbocycles. The van der Waals surface area contributed by atoms with E-state index in [0.717, 1.165) is 24.8 Å². The number of aryl methyl sites for hydroxylation is 2. The van der Waals surface area contributed by atoms with E-state index in [1.165, 1.54) is 36.2 Å². The highest BCUT2D eigenvalue weighted by molar-refractivity contribution is 5.53. The highest BCUT2D eigenvalue weighted by Crippen LogP contribution is 2.33. The fourth-order valence-electron chi connectivity index (χ4n) is 2.56. The minimum atomic E-state index is 0.731. The van der Waals surface area contributed by atoms with Crippen LogP contribution in [0, 0.1) is 13.8 Å². The summed E-state index contributed by atoms with van der Waals surface area (Å²) >= 11 is 0. The van der Waals surface area contributed by atoms with Crippen molar-refractivity contribution in [1.82, 2.24) is 10.3 Å². The predicted molar refractivity (Wildman–Crippen MR) is 77.1 cm³/mol. The Morgan fingerprint density at radius 1 is 1.39 bits per heavy atom. The summed E-state index contributed by atoms with van der Waals surface area (Å²) < 4.78 is 0. The molecule has 0 aliphatic heterocycles. The van der Waals surface area contributed by atoms with Crippen LogP contribution in [0.15, 0.2) is 6.07 Å². The third-order valence-electron chi connectivity index (χ3n) is 3.53. The summed E-state index contributed by atoms with van der Waals surface area (Å²) in [4.78, 5) is 7.34. The summed E-state index contributed by atoms with van der Waals surface area (Å²) in [5.74, 6) is 1.21. The van der Waals surface area contributed by atoms with Gasteiger partial charge in [0.05, 0.1) is 0 Å². The van der Waals surface area contributed by atoms with E-state index in [9.17, 15) is 0 Å². The van der Waals surface area contributed by atoms with E-state index in [4.69, 9.17) is 4.98 Å². The van der Waals surface area contributed by atoms with Crippen LogP contribution in [0.4, 0.5) is 5.82 Å². The number of nitrogens with one attached hydrogen (secondary N) is 1. The molecule has 0 unspecified atom stereocenters. The fourth-order valence-corrected chi connectivity index (χ4v) is 2.56. The van der Waals surface area contributed by atoms with Gasteiger partial charge in [0.15, 0.2) is 0 Å². The Labute approximate surface area is 111 Å². The molecule has 1 fully saturated rings. The maximum absolute atomic E-state index is 4.82. The van der Waals surface area contributed by atoms with Crippen molar-refractivity contribution in [3.05, 3.63) is 22.9 Å². The zero-order valence-electron chi connectivity index (χ0n) is 12.1. The Hall–Kier alpha value is -1.09. The van der Waals surface area contributed by atoms with E-state index >= 15 is 0 Å². The second-order valence-corrected chi connectivity index (χ2v) is 5.34. The van der Waals surface area contributed by atoms with Crippen LogP contribution in [0.2, 0.25) is 0 Å². The Morgan fingerprint density at radius 3 is 2.67 bits per heavy atom. The molecule has 100 valence electrons. The van der Waals surface area contributed by atoms with Crippen molar-refractivity contribution < 1.29 is 0 Å². The number of hydrogen-bond acceptors (Lipinski definition) is 3. The Bertz CT molecular complexity index is 410. The average molecular weight is 247 g/mol. The van der Waals surface area contributed by atoms with Crippen molar-refractivity contribution in [3.63, 3.8) is 0 Å². The fraction of sp³-hybridized carbons (Fsp3) is 0.667. The van der Waals surface area contributed by atoms with Gasteiger partial charge in [-0.15, -0.1) is 0 Å². The smallest absolute Gasteiger partial charge is 0.133 e. The topological polar surface area (TPSA) is 28.2 Å². The van der Waals surface area contributed by atoms with Gasteiger partial charge in [0.2, 0.25) is 0 Å². The van der Waals surface area contributed by atoms with Gasteiger partial charge in [-0.1, -0.05) is 6.92 Å². The first-order valence-electron chi connectivity index (χ1n) is 7.05. The first-order chi connectivity index (χ1) is 8.67. The Kier molecular flexibility index (Phi) is 4.23. The van der Waals surface area contributed by atoms with Crippen LogP contribution in [0.25, 0.3) is 0 Å². The molecule has 1 N–H and O–H groups in total. The van der Waals surface area contributed by atoms with Gasteiger partial charge in [-0.05, 0) is 51.8 Å². The van der Waals surface area contributed by atoms with Crippen molar-refractivity contribution in [2.45, 2.75) is 52.6 Å². The molecule has 0 aromatic carbocycles. The van der Waals surface area contributed by atoms with Crippen molar-refractivity contribution in [2.75, 3.05) is 18.5 Å². The zero-order valence-corrected chi connectivity index (χ0v) is 12.1. The summed E-state index contributed by atoms with van der Waals surface area (Å²) in [7, 11) is 2.00. The summed E-state index contributed by atoms with van der Waals surface area (Å²) in [6.45, 7) is 8.56. The van der Waals surface area contributed by atoms with Crippen LogP contribution in [0.1, 0.15) is 43.0 Å². The predicted octanol–water partition coefficient (Wildman–Crippen LogP) is 2.80. The first-order valence-corrected chi connectivity index (χ1v) is 7.05. The van der Waals surface area contributed by atoms with Gasteiger partial charge in [0.25, 0.3) is 0 Å².